The van der Waals surface area contributed by atoms with E-state index in [-0.39, 0.29) is 6.15 Å². The molecule has 1 aliphatic rings. The summed E-state index contributed by atoms with van der Waals surface area (Å²) in [4.78, 5) is 16.2. The van der Waals surface area contributed by atoms with Gasteiger partial charge in [0.05, 0.1) is 7.11 Å². The molecule has 0 saturated carbocycles. The van der Waals surface area contributed by atoms with E-state index in [0.29, 0.717) is 6.61 Å². The molecule has 4 nitrogen and oxygen atoms in total. The van der Waals surface area contributed by atoms with Gasteiger partial charge in [0, 0.05) is 0 Å². The molecule has 0 atom stereocenters. The molecule has 148 valence electrons. The summed E-state index contributed by atoms with van der Waals surface area (Å²) in [7, 11) is 1.71. The molecule has 0 aromatic heterocycles. The Morgan fingerprint density at radius 1 is 0.964 bits per heavy atom. The van der Waals surface area contributed by atoms with Crippen LogP contribution in [0.2, 0.25) is 0 Å². The van der Waals surface area contributed by atoms with Crippen LogP contribution in [0.25, 0.3) is 5.57 Å². The highest BCUT2D eigenvalue weighted by molar-refractivity contribution is 5.71. The number of methoxy groups -OCH3 is 1. The van der Waals surface area contributed by atoms with Crippen molar-refractivity contribution in [2.75, 3.05) is 13.7 Å². The molecule has 0 unspecified atom stereocenters. The molecule has 2 aromatic carbocycles. The fourth-order valence-corrected chi connectivity index (χ4v) is 3.66. The Morgan fingerprint density at radius 2 is 1.64 bits per heavy atom. The van der Waals surface area contributed by atoms with Crippen LogP contribution in [-0.4, -0.2) is 19.9 Å². The van der Waals surface area contributed by atoms with Crippen LogP contribution in [0.3, 0.4) is 0 Å². The first kappa shape index (κ1) is 21.5. The van der Waals surface area contributed by atoms with Crippen molar-refractivity contribution in [1.29, 1.82) is 0 Å². The van der Waals surface area contributed by atoms with E-state index < -0.39 is 0 Å². The minimum absolute atomic E-state index is 0.250. The molecule has 0 heterocycles. The predicted molar refractivity (Wildman–Crippen MR) is 110 cm³/mol. The second-order valence-electron chi connectivity index (χ2n) is 6.86. The lowest BCUT2D eigenvalue weighted by Crippen LogP contribution is -2.04. The molecule has 0 aliphatic heterocycles. The third-order valence-corrected chi connectivity index (χ3v) is 5.40. The number of benzene rings is 2. The SMILES string of the molecule is CCc1ccc(OCC2=C(c3ccc(OC)cc3)CCC2)c(C)c1C.O=C=O. The summed E-state index contributed by atoms with van der Waals surface area (Å²) in [6, 6.07) is 12.7. The van der Waals surface area contributed by atoms with Gasteiger partial charge in [-0.05, 0) is 91.1 Å². The van der Waals surface area contributed by atoms with Crippen LogP contribution in [0, 0.1) is 13.8 Å². The number of aryl methyl sites for hydroxylation is 1. The monoisotopic (exact) mass is 380 g/mol. The van der Waals surface area contributed by atoms with Crippen molar-refractivity contribution in [3.05, 3.63) is 64.2 Å². The number of hydrogen-bond acceptors (Lipinski definition) is 4. The minimum Gasteiger partial charge on any atom is -0.497 e. The van der Waals surface area contributed by atoms with Gasteiger partial charge in [-0.2, -0.15) is 9.59 Å². The molecule has 0 amide bonds. The lowest BCUT2D eigenvalue weighted by atomic mass is 10.0. The smallest absolute Gasteiger partial charge is 0.373 e. The summed E-state index contributed by atoms with van der Waals surface area (Å²) in [6.45, 7) is 7.25. The Morgan fingerprint density at radius 3 is 2.25 bits per heavy atom. The molecule has 0 saturated heterocycles. The number of rotatable bonds is 6. The Labute approximate surface area is 167 Å². The zero-order chi connectivity index (χ0) is 20.5. The van der Waals surface area contributed by atoms with Crippen LogP contribution in [0.4, 0.5) is 0 Å². The van der Waals surface area contributed by atoms with E-state index in [2.05, 4.69) is 45.0 Å². The molecule has 28 heavy (non-hydrogen) atoms. The van der Waals surface area contributed by atoms with Crippen molar-refractivity contribution in [2.45, 2.75) is 46.5 Å². The van der Waals surface area contributed by atoms with Gasteiger partial charge in [-0.1, -0.05) is 25.1 Å². The summed E-state index contributed by atoms with van der Waals surface area (Å²) in [6.07, 6.45) is 4.80. The number of allylic oxidation sites excluding steroid dienone is 1. The summed E-state index contributed by atoms with van der Waals surface area (Å²) in [5.41, 5.74) is 8.21. The van der Waals surface area contributed by atoms with Crippen molar-refractivity contribution >= 4 is 11.7 Å². The quantitative estimate of drug-likeness (QED) is 0.682. The van der Waals surface area contributed by atoms with Gasteiger partial charge in [-0.25, -0.2) is 0 Å². The largest absolute Gasteiger partial charge is 0.497 e. The fraction of sp³-hybridized carbons (Fsp3) is 0.375. The van der Waals surface area contributed by atoms with Crippen molar-refractivity contribution in [1.82, 2.24) is 0 Å². The molecule has 0 bridgehead atoms. The Bertz CT molecular complexity index is 857. The van der Waals surface area contributed by atoms with Gasteiger partial charge >= 0.3 is 6.15 Å². The number of hydrogen-bond donors (Lipinski definition) is 0. The van der Waals surface area contributed by atoms with Crippen LogP contribution in [-0.2, 0) is 16.0 Å². The van der Waals surface area contributed by atoms with E-state index in [1.54, 1.807) is 7.11 Å². The van der Waals surface area contributed by atoms with E-state index in [1.807, 2.05) is 12.1 Å². The fourth-order valence-electron chi connectivity index (χ4n) is 3.66. The molecule has 0 N–H and O–H groups in total. The second kappa shape index (κ2) is 10.5. The van der Waals surface area contributed by atoms with Gasteiger partial charge < -0.3 is 9.47 Å². The maximum Gasteiger partial charge on any atom is 0.373 e. The molecule has 0 radical (unpaired) electrons. The van der Waals surface area contributed by atoms with Crippen LogP contribution in [0.1, 0.15) is 48.4 Å². The van der Waals surface area contributed by atoms with E-state index in [1.165, 1.54) is 39.8 Å². The van der Waals surface area contributed by atoms with Gasteiger partial charge in [0.1, 0.15) is 18.1 Å². The Hall–Kier alpha value is -2.84. The first-order chi connectivity index (χ1) is 13.5. The van der Waals surface area contributed by atoms with Crippen molar-refractivity contribution < 1.29 is 19.1 Å². The molecule has 1 aliphatic carbocycles. The zero-order valence-electron chi connectivity index (χ0n) is 17.1. The highest BCUT2D eigenvalue weighted by atomic mass is 16.5. The van der Waals surface area contributed by atoms with Gasteiger partial charge in [0.2, 0.25) is 0 Å². The van der Waals surface area contributed by atoms with Crippen molar-refractivity contribution in [3.63, 3.8) is 0 Å². The van der Waals surface area contributed by atoms with Gasteiger partial charge in [-0.3, -0.25) is 0 Å². The summed E-state index contributed by atoms with van der Waals surface area (Å²) in [5.74, 6) is 1.92. The van der Waals surface area contributed by atoms with Gasteiger partial charge in [0.25, 0.3) is 0 Å². The highest BCUT2D eigenvalue weighted by Gasteiger charge is 2.17. The maximum absolute atomic E-state index is 8.12. The van der Waals surface area contributed by atoms with E-state index in [4.69, 9.17) is 19.1 Å². The first-order valence-corrected chi connectivity index (χ1v) is 9.62. The molecule has 3 rings (SSSR count). The van der Waals surface area contributed by atoms with Crippen molar-refractivity contribution in [3.8, 4) is 11.5 Å². The van der Waals surface area contributed by atoms with Crippen LogP contribution >= 0.6 is 0 Å². The van der Waals surface area contributed by atoms with Gasteiger partial charge in [0.15, 0.2) is 0 Å². The molecular formula is C24H28O4. The third kappa shape index (κ3) is 5.11. The second-order valence-corrected chi connectivity index (χ2v) is 6.86. The standard InChI is InChI=1S/C23H28O2.CO2/c1-5-18-11-14-23(17(3)16(18)2)25-15-20-7-6-8-22(20)19-9-12-21(24-4)13-10-19;2-1-3/h9-14H,5-8,15H2,1-4H3;. The zero-order valence-corrected chi connectivity index (χ0v) is 17.1. The van der Waals surface area contributed by atoms with Gasteiger partial charge in [-0.15, -0.1) is 0 Å². The number of ether oxygens (including phenoxy) is 2. The summed E-state index contributed by atoms with van der Waals surface area (Å²) >= 11 is 0. The molecule has 2 aromatic rings. The van der Waals surface area contributed by atoms with Crippen molar-refractivity contribution in [2.24, 2.45) is 0 Å². The molecule has 0 fully saturated rings. The lowest BCUT2D eigenvalue weighted by molar-refractivity contribution is -0.191. The molecule has 4 heteroatoms. The maximum atomic E-state index is 8.12. The first-order valence-electron chi connectivity index (χ1n) is 9.62. The topological polar surface area (TPSA) is 52.6 Å². The molecule has 0 spiro atoms. The third-order valence-electron chi connectivity index (χ3n) is 5.40. The summed E-state index contributed by atoms with van der Waals surface area (Å²) < 4.78 is 11.5. The van der Waals surface area contributed by atoms with E-state index in [9.17, 15) is 0 Å². The highest BCUT2D eigenvalue weighted by Crippen LogP contribution is 2.35. The van der Waals surface area contributed by atoms with E-state index >= 15 is 0 Å². The summed E-state index contributed by atoms with van der Waals surface area (Å²) in [5, 5.41) is 0. The average Bonchev–Trinajstić information content (AvgIpc) is 3.18. The Kier molecular flexibility index (Phi) is 8.03. The average molecular weight is 380 g/mol. The molecular weight excluding hydrogens is 352 g/mol. The van der Waals surface area contributed by atoms with Crippen LogP contribution < -0.4 is 9.47 Å². The lowest BCUT2D eigenvalue weighted by Gasteiger charge is -2.15. The minimum atomic E-state index is 0.250. The van der Waals surface area contributed by atoms with E-state index in [0.717, 1.165) is 30.8 Å². The van der Waals surface area contributed by atoms with Crippen LogP contribution in [0.5, 0.6) is 11.5 Å². The predicted octanol–water partition coefficient (Wildman–Crippen LogP) is 5.31. The Balaban J connectivity index is 0.000000878. The normalized spacial score (nSPS) is 12.9. The van der Waals surface area contributed by atoms with Crippen LogP contribution in [0.15, 0.2) is 42.0 Å². The number of carbonyl (C=O) groups excluding carboxylic acids is 2.